The van der Waals surface area contributed by atoms with Crippen LogP contribution in [-0.4, -0.2) is 36.3 Å². The second-order valence-electron chi connectivity index (χ2n) is 5.18. The van der Waals surface area contributed by atoms with E-state index in [4.69, 9.17) is 20.8 Å². The van der Waals surface area contributed by atoms with Crippen molar-refractivity contribution in [1.82, 2.24) is 4.90 Å². The second kappa shape index (κ2) is 8.29. The van der Waals surface area contributed by atoms with Crippen LogP contribution in [0.3, 0.4) is 0 Å². The fourth-order valence-corrected chi connectivity index (χ4v) is 2.33. The molecule has 0 aliphatic rings. The number of aliphatic hydroxyl groups is 1. The summed E-state index contributed by atoms with van der Waals surface area (Å²) in [5.41, 5.74) is 0.814. The van der Waals surface area contributed by atoms with Gasteiger partial charge in [0.1, 0.15) is 18.2 Å². The van der Waals surface area contributed by atoms with Gasteiger partial charge in [0.25, 0.3) is 0 Å². The molecule has 0 saturated heterocycles. The summed E-state index contributed by atoms with van der Waals surface area (Å²) < 4.78 is 23.5. The number of aliphatic hydroxyl groups excluding tert-OH is 1. The lowest BCUT2D eigenvalue weighted by molar-refractivity contribution is 0.00768. The number of furan rings is 1. The lowest BCUT2D eigenvalue weighted by Crippen LogP contribution is -2.31. The van der Waals surface area contributed by atoms with E-state index in [2.05, 4.69) is 0 Å². The minimum absolute atomic E-state index is 0.211. The third kappa shape index (κ3) is 5.42. The van der Waals surface area contributed by atoms with Gasteiger partial charge in [0.05, 0.1) is 19.0 Å². The van der Waals surface area contributed by atoms with Crippen LogP contribution in [0.4, 0.5) is 4.39 Å². The van der Waals surface area contributed by atoms with Crippen molar-refractivity contribution in [1.29, 1.82) is 0 Å². The van der Waals surface area contributed by atoms with E-state index in [9.17, 15) is 9.50 Å². The molecule has 4 nitrogen and oxygen atoms in total. The molecule has 2 rings (SSSR count). The van der Waals surface area contributed by atoms with Crippen molar-refractivity contribution in [3.05, 3.63) is 58.8 Å². The van der Waals surface area contributed by atoms with Crippen molar-refractivity contribution in [2.45, 2.75) is 19.3 Å². The second-order valence-corrected chi connectivity index (χ2v) is 5.59. The molecule has 1 unspecified atom stereocenters. The fraction of sp³-hybridized carbons (Fsp3) is 0.375. The Morgan fingerprint density at radius 1 is 1.41 bits per heavy atom. The summed E-state index contributed by atoms with van der Waals surface area (Å²) in [6, 6.07) is 7.91. The van der Waals surface area contributed by atoms with Gasteiger partial charge in [0.2, 0.25) is 0 Å². The zero-order valence-electron chi connectivity index (χ0n) is 12.3. The molecular weight excluding hydrogens is 309 g/mol. The molecule has 0 amide bonds. The first-order valence-electron chi connectivity index (χ1n) is 6.95. The zero-order valence-corrected chi connectivity index (χ0v) is 13.1. The maximum absolute atomic E-state index is 13.0. The van der Waals surface area contributed by atoms with Crippen LogP contribution in [0, 0.1) is 5.82 Å². The summed E-state index contributed by atoms with van der Waals surface area (Å²) in [4.78, 5) is 1.90. The minimum Gasteiger partial charge on any atom is -0.467 e. The molecule has 1 aromatic carbocycles. The molecular formula is C16H19ClFNO3. The Morgan fingerprint density at radius 2 is 2.23 bits per heavy atom. The van der Waals surface area contributed by atoms with Crippen LogP contribution < -0.4 is 0 Å². The van der Waals surface area contributed by atoms with Gasteiger partial charge in [-0.3, -0.25) is 4.90 Å². The van der Waals surface area contributed by atoms with Crippen LogP contribution in [-0.2, 0) is 17.9 Å². The summed E-state index contributed by atoms with van der Waals surface area (Å²) in [5.74, 6) is 0.362. The van der Waals surface area contributed by atoms with Crippen LogP contribution in [0.2, 0.25) is 5.02 Å². The molecule has 0 fully saturated rings. The molecule has 22 heavy (non-hydrogen) atoms. The molecule has 0 aliphatic heterocycles. The van der Waals surface area contributed by atoms with Crippen LogP contribution >= 0.6 is 11.6 Å². The number of hydrogen-bond donors (Lipinski definition) is 1. The summed E-state index contributed by atoms with van der Waals surface area (Å²) in [5, 5.41) is 10.3. The van der Waals surface area contributed by atoms with E-state index < -0.39 is 6.10 Å². The van der Waals surface area contributed by atoms with Gasteiger partial charge < -0.3 is 14.3 Å². The Hall–Kier alpha value is -1.40. The van der Waals surface area contributed by atoms with Gasteiger partial charge in [0.15, 0.2) is 0 Å². The third-order valence-corrected chi connectivity index (χ3v) is 3.46. The molecule has 0 radical (unpaired) electrons. The van der Waals surface area contributed by atoms with Crippen molar-refractivity contribution in [3.8, 4) is 0 Å². The van der Waals surface area contributed by atoms with E-state index in [-0.39, 0.29) is 12.4 Å². The Balaban J connectivity index is 1.72. The number of ether oxygens (including phenoxy) is 1. The van der Waals surface area contributed by atoms with Crippen LogP contribution in [0.25, 0.3) is 0 Å². The maximum atomic E-state index is 13.0. The average molecular weight is 328 g/mol. The highest BCUT2D eigenvalue weighted by atomic mass is 35.5. The summed E-state index contributed by atoms with van der Waals surface area (Å²) in [6.45, 7) is 1.49. The summed E-state index contributed by atoms with van der Waals surface area (Å²) >= 11 is 5.99. The summed E-state index contributed by atoms with van der Waals surface area (Å²) in [7, 11) is 1.86. The highest BCUT2D eigenvalue weighted by Crippen LogP contribution is 2.18. The molecule has 6 heteroatoms. The van der Waals surface area contributed by atoms with Gasteiger partial charge in [-0.15, -0.1) is 0 Å². The monoisotopic (exact) mass is 327 g/mol. The van der Waals surface area contributed by atoms with Crippen molar-refractivity contribution in [2.75, 3.05) is 20.2 Å². The smallest absolute Gasteiger partial charge is 0.129 e. The minimum atomic E-state index is -0.626. The molecule has 120 valence electrons. The highest BCUT2D eigenvalue weighted by Gasteiger charge is 2.11. The van der Waals surface area contributed by atoms with Gasteiger partial charge >= 0.3 is 0 Å². The fourth-order valence-electron chi connectivity index (χ4n) is 2.11. The normalized spacial score (nSPS) is 12.8. The van der Waals surface area contributed by atoms with Crippen molar-refractivity contribution >= 4 is 11.6 Å². The van der Waals surface area contributed by atoms with Crippen molar-refractivity contribution in [2.24, 2.45) is 0 Å². The Kier molecular flexibility index (Phi) is 6.39. The number of hydrogen-bond acceptors (Lipinski definition) is 4. The van der Waals surface area contributed by atoms with Crippen LogP contribution in [0.1, 0.15) is 11.3 Å². The Morgan fingerprint density at radius 3 is 2.91 bits per heavy atom. The van der Waals surface area contributed by atoms with Gasteiger partial charge in [-0.05, 0) is 36.9 Å². The van der Waals surface area contributed by atoms with Gasteiger partial charge in [-0.2, -0.15) is 0 Å². The average Bonchev–Trinajstić information content (AvgIpc) is 2.95. The Labute approximate surface area is 134 Å². The molecule has 1 atom stereocenters. The van der Waals surface area contributed by atoms with Crippen LogP contribution in [0.15, 0.2) is 41.0 Å². The molecule has 0 aliphatic carbocycles. The van der Waals surface area contributed by atoms with Crippen molar-refractivity contribution < 1.29 is 18.7 Å². The maximum Gasteiger partial charge on any atom is 0.129 e. The molecule has 1 heterocycles. The number of rotatable bonds is 8. The first kappa shape index (κ1) is 17.0. The topological polar surface area (TPSA) is 45.8 Å². The van der Waals surface area contributed by atoms with E-state index in [1.165, 1.54) is 12.1 Å². The molecule has 1 N–H and O–H groups in total. The molecule has 2 aromatic rings. The van der Waals surface area contributed by atoms with Gasteiger partial charge in [0, 0.05) is 18.1 Å². The van der Waals surface area contributed by atoms with E-state index in [1.807, 2.05) is 18.0 Å². The number of nitrogens with zero attached hydrogens (tertiary/aromatic N) is 1. The van der Waals surface area contributed by atoms with E-state index >= 15 is 0 Å². The van der Waals surface area contributed by atoms with Gasteiger partial charge in [-0.1, -0.05) is 17.7 Å². The van der Waals surface area contributed by atoms with Crippen molar-refractivity contribution in [3.63, 3.8) is 0 Å². The summed E-state index contributed by atoms with van der Waals surface area (Å²) in [6.07, 6.45) is 0.953. The largest absolute Gasteiger partial charge is 0.467 e. The van der Waals surface area contributed by atoms with E-state index in [1.54, 1.807) is 18.4 Å². The van der Waals surface area contributed by atoms with E-state index in [0.29, 0.717) is 24.7 Å². The van der Waals surface area contributed by atoms with Gasteiger partial charge in [-0.25, -0.2) is 4.39 Å². The first-order valence-corrected chi connectivity index (χ1v) is 7.33. The number of benzene rings is 1. The lowest BCUT2D eigenvalue weighted by atomic mass is 10.2. The SMILES string of the molecule is CN(Cc1ccc(F)cc1Cl)CC(O)COCc1ccco1. The van der Waals surface area contributed by atoms with E-state index in [0.717, 1.165) is 11.3 Å². The quantitative estimate of drug-likeness (QED) is 0.809. The number of likely N-dealkylation sites (N-methyl/N-ethyl adjacent to an activating group) is 1. The Bertz CT molecular complexity index is 577. The number of halogens is 2. The lowest BCUT2D eigenvalue weighted by Gasteiger charge is -2.21. The standard InChI is InChI=1S/C16H19ClFNO3/c1-19(8-12-4-5-13(18)7-16(12)17)9-14(20)10-21-11-15-3-2-6-22-15/h2-7,14,20H,8-11H2,1H3. The molecule has 0 bridgehead atoms. The first-order chi connectivity index (χ1) is 10.5. The van der Waals surface area contributed by atoms with Crippen LogP contribution in [0.5, 0.6) is 0 Å². The highest BCUT2D eigenvalue weighted by molar-refractivity contribution is 6.31. The third-order valence-electron chi connectivity index (χ3n) is 3.11. The molecule has 0 saturated carbocycles. The predicted octanol–water partition coefficient (Wildman–Crippen LogP) is 3.08. The molecule has 0 spiro atoms. The predicted molar refractivity (Wildman–Crippen MR) is 82.1 cm³/mol. The molecule has 1 aromatic heterocycles. The zero-order chi connectivity index (χ0) is 15.9.